The smallest absolute Gasteiger partial charge is 0.309 e. The second-order valence-electron chi connectivity index (χ2n) is 3.55. The predicted molar refractivity (Wildman–Crippen MR) is 73.3 cm³/mol. The molecular formula is C10H7N3O4S3. The highest BCUT2D eigenvalue weighted by Gasteiger charge is 2.19. The van der Waals surface area contributed by atoms with Gasteiger partial charge in [0.1, 0.15) is 15.2 Å². The van der Waals surface area contributed by atoms with E-state index in [1.165, 1.54) is 17.5 Å². The van der Waals surface area contributed by atoms with E-state index in [4.69, 9.17) is 10.4 Å². The van der Waals surface area contributed by atoms with Crippen molar-refractivity contribution in [3.8, 4) is 6.07 Å². The maximum atomic E-state index is 12.0. The fourth-order valence-corrected chi connectivity index (χ4v) is 4.35. The van der Waals surface area contributed by atoms with Gasteiger partial charge in [-0.2, -0.15) is 5.26 Å². The first-order chi connectivity index (χ1) is 9.40. The molecule has 2 aromatic heterocycles. The highest BCUT2D eigenvalue weighted by Crippen LogP contribution is 2.25. The molecule has 0 aliphatic heterocycles. The lowest BCUT2D eigenvalue weighted by atomic mass is 10.3. The van der Waals surface area contributed by atoms with Crippen molar-refractivity contribution in [3.63, 3.8) is 0 Å². The molecule has 0 aromatic carbocycles. The van der Waals surface area contributed by atoms with E-state index in [0.29, 0.717) is 0 Å². The molecule has 2 N–H and O–H groups in total. The monoisotopic (exact) mass is 329 g/mol. The van der Waals surface area contributed by atoms with Crippen molar-refractivity contribution in [3.05, 3.63) is 28.1 Å². The quantitative estimate of drug-likeness (QED) is 0.857. The van der Waals surface area contributed by atoms with E-state index in [2.05, 4.69) is 9.71 Å². The number of carbonyl (C=O) groups is 1. The maximum absolute atomic E-state index is 12.0. The van der Waals surface area contributed by atoms with Gasteiger partial charge in [0.05, 0.1) is 12.1 Å². The average Bonchev–Trinajstić information content (AvgIpc) is 2.97. The third-order valence-electron chi connectivity index (χ3n) is 2.06. The number of aliphatic carboxylic acids is 1. The maximum Gasteiger partial charge on any atom is 0.309 e. The number of nitrogens with zero attached hydrogens (tertiary/aromatic N) is 2. The zero-order valence-corrected chi connectivity index (χ0v) is 12.2. The molecule has 0 radical (unpaired) electrons. The zero-order chi connectivity index (χ0) is 14.8. The van der Waals surface area contributed by atoms with Crippen LogP contribution in [0.4, 0.5) is 5.13 Å². The molecule has 0 fully saturated rings. The number of aromatic nitrogens is 1. The van der Waals surface area contributed by atoms with Crippen molar-refractivity contribution in [2.45, 2.75) is 10.6 Å². The molecule has 0 spiro atoms. The molecule has 2 rings (SSSR count). The van der Waals surface area contributed by atoms with Crippen LogP contribution in [0, 0.1) is 11.3 Å². The Morgan fingerprint density at radius 1 is 1.50 bits per heavy atom. The number of hydrogen-bond acceptors (Lipinski definition) is 7. The van der Waals surface area contributed by atoms with E-state index in [9.17, 15) is 13.2 Å². The van der Waals surface area contributed by atoms with Gasteiger partial charge in [0.2, 0.25) is 0 Å². The van der Waals surface area contributed by atoms with E-state index >= 15 is 0 Å². The zero-order valence-electron chi connectivity index (χ0n) is 9.73. The fraction of sp³-hybridized carbons (Fsp3) is 0.100. The van der Waals surface area contributed by atoms with Gasteiger partial charge in [0, 0.05) is 5.38 Å². The molecule has 0 unspecified atom stereocenters. The van der Waals surface area contributed by atoms with Gasteiger partial charge in [-0.3, -0.25) is 9.52 Å². The molecule has 104 valence electrons. The Morgan fingerprint density at radius 2 is 2.25 bits per heavy atom. The van der Waals surface area contributed by atoms with E-state index < -0.39 is 16.0 Å². The molecule has 0 aliphatic carbocycles. The lowest BCUT2D eigenvalue weighted by Gasteiger charge is -2.01. The number of sulfonamides is 1. The third kappa shape index (κ3) is 3.32. The van der Waals surface area contributed by atoms with E-state index in [-0.39, 0.29) is 26.3 Å². The number of thiophene rings is 1. The number of carboxylic acid groups (broad SMARTS) is 1. The first kappa shape index (κ1) is 14.4. The minimum Gasteiger partial charge on any atom is -0.481 e. The van der Waals surface area contributed by atoms with Crippen LogP contribution in [0.25, 0.3) is 0 Å². The molecule has 0 amide bonds. The van der Waals surface area contributed by atoms with Crippen LogP contribution < -0.4 is 4.72 Å². The van der Waals surface area contributed by atoms with Gasteiger partial charge in [0.25, 0.3) is 10.0 Å². The standard InChI is InChI=1S/C10H7N3O4S3/c11-4-7-1-2-9(19-7)20(16,17)13-10-12-6(5-18-10)3-8(14)15/h1-2,5H,3H2,(H,12,13)(H,14,15). The summed E-state index contributed by atoms with van der Waals surface area (Å²) in [7, 11) is -3.80. The second-order valence-corrected chi connectivity index (χ2v) is 7.40. The number of carboxylic acids is 1. The van der Waals surface area contributed by atoms with E-state index in [0.717, 1.165) is 22.7 Å². The molecule has 2 aromatic rings. The van der Waals surface area contributed by atoms with Gasteiger partial charge >= 0.3 is 5.97 Å². The summed E-state index contributed by atoms with van der Waals surface area (Å²) in [5.41, 5.74) is 0.282. The predicted octanol–water partition coefficient (Wildman–Crippen LogP) is 1.50. The first-order valence-corrected chi connectivity index (χ1v) is 8.27. The van der Waals surface area contributed by atoms with Gasteiger partial charge in [-0.1, -0.05) is 0 Å². The normalized spacial score (nSPS) is 10.9. The number of nitrogens with one attached hydrogen (secondary N) is 1. The summed E-state index contributed by atoms with van der Waals surface area (Å²) in [6.45, 7) is 0. The summed E-state index contributed by atoms with van der Waals surface area (Å²) < 4.78 is 26.3. The van der Waals surface area contributed by atoms with Crippen molar-refractivity contribution in [1.29, 1.82) is 5.26 Å². The highest BCUT2D eigenvalue weighted by molar-refractivity contribution is 7.94. The Hall–Kier alpha value is -1.96. The van der Waals surface area contributed by atoms with Crippen molar-refractivity contribution in [1.82, 2.24) is 4.98 Å². The van der Waals surface area contributed by atoms with Crippen LogP contribution in [0.2, 0.25) is 0 Å². The van der Waals surface area contributed by atoms with Crippen molar-refractivity contribution < 1.29 is 18.3 Å². The minimum absolute atomic E-state index is 0.00374. The molecule has 0 saturated heterocycles. The number of thiazole rings is 1. The Labute approximate surface area is 122 Å². The van der Waals surface area contributed by atoms with E-state index in [1.54, 1.807) is 0 Å². The van der Waals surface area contributed by atoms with Crippen LogP contribution >= 0.6 is 22.7 Å². The Kier molecular flexibility index (Phi) is 4.03. The molecular weight excluding hydrogens is 322 g/mol. The van der Waals surface area contributed by atoms with Crippen LogP contribution in [0.1, 0.15) is 10.6 Å². The number of anilines is 1. The molecule has 0 aliphatic rings. The Balaban J connectivity index is 2.18. The van der Waals surface area contributed by atoms with Crippen molar-refractivity contribution in [2.75, 3.05) is 4.72 Å². The van der Waals surface area contributed by atoms with Crippen LogP contribution in [-0.2, 0) is 21.2 Å². The fourth-order valence-electron chi connectivity index (χ4n) is 1.28. The third-order valence-corrected chi connectivity index (χ3v) is 5.82. The lowest BCUT2D eigenvalue weighted by molar-refractivity contribution is -0.136. The van der Waals surface area contributed by atoms with Gasteiger partial charge in [0.15, 0.2) is 5.13 Å². The van der Waals surface area contributed by atoms with Crippen molar-refractivity contribution in [2.24, 2.45) is 0 Å². The Morgan fingerprint density at radius 3 is 2.85 bits per heavy atom. The molecule has 0 atom stereocenters. The average molecular weight is 329 g/mol. The molecule has 2 heterocycles. The first-order valence-electron chi connectivity index (χ1n) is 5.09. The summed E-state index contributed by atoms with van der Waals surface area (Å²) in [6.07, 6.45) is -0.268. The molecule has 0 bridgehead atoms. The van der Waals surface area contributed by atoms with E-state index in [1.807, 2.05) is 6.07 Å². The minimum atomic E-state index is -3.80. The Bertz CT molecular complexity index is 785. The second kappa shape index (κ2) is 5.58. The summed E-state index contributed by atoms with van der Waals surface area (Å²) in [5, 5.41) is 18.9. The SMILES string of the molecule is N#Cc1ccc(S(=O)(=O)Nc2nc(CC(=O)O)cs2)s1. The number of rotatable bonds is 5. The molecule has 7 nitrogen and oxygen atoms in total. The van der Waals surface area contributed by atoms with Crippen LogP contribution in [0.5, 0.6) is 0 Å². The van der Waals surface area contributed by atoms with Gasteiger partial charge < -0.3 is 5.11 Å². The lowest BCUT2D eigenvalue weighted by Crippen LogP contribution is -2.11. The van der Waals surface area contributed by atoms with Gasteiger partial charge in [-0.15, -0.1) is 22.7 Å². The van der Waals surface area contributed by atoms with Crippen LogP contribution in [0.15, 0.2) is 21.7 Å². The number of nitriles is 1. The summed E-state index contributed by atoms with van der Waals surface area (Å²) >= 11 is 1.85. The van der Waals surface area contributed by atoms with Gasteiger partial charge in [-0.25, -0.2) is 13.4 Å². The van der Waals surface area contributed by atoms with Crippen LogP contribution in [0.3, 0.4) is 0 Å². The molecule has 0 saturated carbocycles. The molecule has 10 heteroatoms. The summed E-state index contributed by atoms with van der Waals surface area (Å²) in [6, 6.07) is 4.60. The van der Waals surface area contributed by atoms with Gasteiger partial charge in [-0.05, 0) is 12.1 Å². The van der Waals surface area contributed by atoms with Crippen LogP contribution in [-0.4, -0.2) is 24.5 Å². The summed E-state index contributed by atoms with van der Waals surface area (Å²) in [5.74, 6) is -1.04. The largest absolute Gasteiger partial charge is 0.481 e. The topological polar surface area (TPSA) is 120 Å². The summed E-state index contributed by atoms with van der Waals surface area (Å²) in [4.78, 5) is 14.7. The molecule has 20 heavy (non-hydrogen) atoms. The highest BCUT2D eigenvalue weighted by atomic mass is 32.2. The van der Waals surface area contributed by atoms with Crippen molar-refractivity contribution >= 4 is 43.8 Å². The number of hydrogen-bond donors (Lipinski definition) is 2.